The standard InChI is InChI=1S/C22H28O2/c1-3-22(19-13-6-4-7-14-19,20-15-8-5-9-16-20)18(2)12-10-11-17-21(23)24/h4-9,13-16,18H,3,10-12,17H2,1-2H3,(H,23,24). The highest BCUT2D eigenvalue weighted by Crippen LogP contribution is 2.44. The van der Waals surface area contributed by atoms with E-state index in [1.807, 2.05) is 0 Å². The fourth-order valence-electron chi connectivity index (χ4n) is 3.94. The second-order valence-corrected chi connectivity index (χ2v) is 6.60. The van der Waals surface area contributed by atoms with Gasteiger partial charge in [0.25, 0.3) is 0 Å². The molecule has 24 heavy (non-hydrogen) atoms. The van der Waals surface area contributed by atoms with Crippen LogP contribution in [0.1, 0.15) is 57.1 Å². The van der Waals surface area contributed by atoms with Gasteiger partial charge in [0.05, 0.1) is 0 Å². The predicted octanol–water partition coefficient (Wildman–Crippen LogP) is 5.66. The number of unbranched alkanes of at least 4 members (excludes halogenated alkanes) is 1. The van der Waals surface area contributed by atoms with Crippen molar-refractivity contribution >= 4 is 5.97 Å². The second-order valence-electron chi connectivity index (χ2n) is 6.60. The molecule has 2 rings (SSSR count). The zero-order valence-electron chi connectivity index (χ0n) is 14.7. The van der Waals surface area contributed by atoms with Gasteiger partial charge in [-0.25, -0.2) is 0 Å². The lowest BCUT2D eigenvalue weighted by molar-refractivity contribution is -0.137. The lowest BCUT2D eigenvalue weighted by Gasteiger charge is -2.40. The van der Waals surface area contributed by atoms with Crippen LogP contribution in [0.3, 0.4) is 0 Å². The largest absolute Gasteiger partial charge is 0.481 e. The number of rotatable bonds is 9. The van der Waals surface area contributed by atoms with E-state index in [0.29, 0.717) is 5.92 Å². The van der Waals surface area contributed by atoms with Crippen LogP contribution in [0.25, 0.3) is 0 Å². The molecule has 1 atom stereocenters. The Morgan fingerprint density at radius 3 is 1.88 bits per heavy atom. The SMILES string of the molecule is CCC(c1ccccc1)(c1ccccc1)C(C)CCCCC(=O)O. The van der Waals surface area contributed by atoms with Gasteiger partial charge in [-0.3, -0.25) is 4.79 Å². The molecule has 2 aromatic rings. The van der Waals surface area contributed by atoms with Crippen LogP contribution in [0.4, 0.5) is 0 Å². The molecular weight excluding hydrogens is 296 g/mol. The first-order chi connectivity index (χ1) is 11.6. The maximum Gasteiger partial charge on any atom is 0.303 e. The van der Waals surface area contributed by atoms with Gasteiger partial charge in [-0.1, -0.05) is 80.9 Å². The van der Waals surface area contributed by atoms with Gasteiger partial charge in [0.2, 0.25) is 0 Å². The zero-order valence-corrected chi connectivity index (χ0v) is 14.7. The molecule has 2 nitrogen and oxygen atoms in total. The summed E-state index contributed by atoms with van der Waals surface area (Å²) in [6.45, 7) is 4.57. The van der Waals surface area contributed by atoms with Gasteiger partial charge in [-0.05, 0) is 36.3 Å². The van der Waals surface area contributed by atoms with Crippen molar-refractivity contribution in [3.8, 4) is 0 Å². The average Bonchev–Trinajstić information content (AvgIpc) is 2.61. The molecule has 0 aromatic heterocycles. The lowest BCUT2D eigenvalue weighted by atomic mass is 9.63. The van der Waals surface area contributed by atoms with E-state index in [0.717, 1.165) is 25.7 Å². The van der Waals surface area contributed by atoms with Crippen LogP contribution in [0.2, 0.25) is 0 Å². The number of carboxylic acid groups (broad SMARTS) is 1. The Labute approximate surface area is 145 Å². The van der Waals surface area contributed by atoms with Crippen molar-refractivity contribution in [1.82, 2.24) is 0 Å². The van der Waals surface area contributed by atoms with Gasteiger partial charge in [0, 0.05) is 11.8 Å². The minimum absolute atomic E-state index is 0.0221. The zero-order chi connectivity index (χ0) is 17.4. The molecule has 0 radical (unpaired) electrons. The summed E-state index contributed by atoms with van der Waals surface area (Å²) in [5.74, 6) is -0.253. The summed E-state index contributed by atoms with van der Waals surface area (Å²) in [6, 6.07) is 21.5. The predicted molar refractivity (Wildman–Crippen MR) is 99.2 cm³/mol. The molecule has 0 spiro atoms. The van der Waals surface area contributed by atoms with Crippen molar-refractivity contribution in [2.24, 2.45) is 5.92 Å². The third-order valence-electron chi connectivity index (χ3n) is 5.25. The van der Waals surface area contributed by atoms with Crippen molar-refractivity contribution in [2.45, 2.75) is 51.4 Å². The molecule has 2 aromatic carbocycles. The molecule has 0 amide bonds. The Morgan fingerprint density at radius 1 is 0.958 bits per heavy atom. The van der Waals surface area contributed by atoms with E-state index in [-0.39, 0.29) is 11.8 Å². The Balaban J connectivity index is 2.30. The average molecular weight is 324 g/mol. The third kappa shape index (κ3) is 4.05. The van der Waals surface area contributed by atoms with Gasteiger partial charge in [-0.15, -0.1) is 0 Å². The summed E-state index contributed by atoms with van der Waals surface area (Å²) in [5.41, 5.74) is 2.68. The van der Waals surface area contributed by atoms with Crippen molar-refractivity contribution in [2.75, 3.05) is 0 Å². The Kier molecular flexibility index (Phi) is 6.60. The van der Waals surface area contributed by atoms with Crippen LogP contribution in [0.15, 0.2) is 60.7 Å². The minimum atomic E-state index is -0.699. The molecule has 0 aliphatic heterocycles. The third-order valence-corrected chi connectivity index (χ3v) is 5.25. The van der Waals surface area contributed by atoms with Crippen LogP contribution in [-0.2, 0) is 10.2 Å². The first kappa shape index (κ1) is 18.3. The van der Waals surface area contributed by atoms with E-state index in [2.05, 4.69) is 74.5 Å². The Morgan fingerprint density at radius 2 is 1.46 bits per heavy atom. The summed E-state index contributed by atoms with van der Waals surface area (Å²) >= 11 is 0. The fourth-order valence-corrected chi connectivity index (χ4v) is 3.94. The van der Waals surface area contributed by atoms with E-state index in [9.17, 15) is 4.79 Å². The van der Waals surface area contributed by atoms with E-state index < -0.39 is 5.97 Å². The van der Waals surface area contributed by atoms with Gasteiger partial charge in [0.1, 0.15) is 0 Å². The summed E-state index contributed by atoms with van der Waals surface area (Å²) in [4.78, 5) is 10.7. The molecule has 2 heteroatoms. The topological polar surface area (TPSA) is 37.3 Å². The molecule has 0 aliphatic carbocycles. The van der Waals surface area contributed by atoms with E-state index in [1.54, 1.807) is 0 Å². The van der Waals surface area contributed by atoms with Crippen LogP contribution in [0.5, 0.6) is 0 Å². The number of carbonyl (C=O) groups is 1. The molecule has 0 bridgehead atoms. The van der Waals surface area contributed by atoms with Crippen LogP contribution in [-0.4, -0.2) is 11.1 Å². The first-order valence-electron chi connectivity index (χ1n) is 8.94. The molecule has 1 N–H and O–H groups in total. The maximum atomic E-state index is 10.7. The van der Waals surface area contributed by atoms with Crippen molar-refractivity contribution in [1.29, 1.82) is 0 Å². The molecule has 0 fully saturated rings. The molecular formula is C22H28O2. The first-order valence-corrected chi connectivity index (χ1v) is 8.94. The van der Waals surface area contributed by atoms with Gasteiger partial charge in [0.15, 0.2) is 0 Å². The number of hydrogen-bond acceptors (Lipinski definition) is 1. The number of aliphatic carboxylic acids is 1. The van der Waals surface area contributed by atoms with E-state index in [4.69, 9.17) is 5.11 Å². The number of benzene rings is 2. The summed E-state index contributed by atoms with van der Waals surface area (Å²) in [6.07, 6.45) is 4.03. The van der Waals surface area contributed by atoms with Crippen LogP contribution < -0.4 is 0 Å². The summed E-state index contributed by atoms with van der Waals surface area (Å²) in [5, 5.41) is 8.84. The van der Waals surface area contributed by atoms with Crippen LogP contribution >= 0.6 is 0 Å². The highest BCUT2D eigenvalue weighted by atomic mass is 16.4. The molecule has 0 saturated heterocycles. The number of hydrogen-bond donors (Lipinski definition) is 1. The maximum absolute atomic E-state index is 10.7. The highest BCUT2D eigenvalue weighted by Gasteiger charge is 2.37. The van der Waals surface area contributed by atoms with Crippen molar-refractivity contribution < 1.29 is 9.90 Å². The smallest absolute Gasteiger partial charge is 0.303 e. The summed E-state index contributed by atoms with van der Waals surface area (Å²) < 4.78 is 0. The van der Waals surface area contributed by atoms with E-state index in [1.165, 1.54) is 11.1 Å². The fraction of sp³-hybridized carbons (Fsp3) is 0.409. The minimum Gasteiger partial charge on any atom is -0.481 e. The van der Waals surface area contributed by atoms with Crippen molar-refractivity contribution in [3.63, 3.8) is 0 Å². The number of carboxylic acids is 1. The molecule has 0 aliphatic rings. The normalized spacial score (nSPS) is 12.8. The lowest BCUT2D eigenvalue weighted by Crippen LogP contribution is -2.34. The van der Waals surface area contributed by atoms with Gasteiger partial charge >= 0.3 is 5.97 Å². The second kappa shape index (κ2) is 8.68. The Bertz CT molecular complexity index is 579. The molecule has 128 valence electrons. The molecule has 0 saturated carbocycles. The quantitative estimate of drug-likeness (QED) is 0.604. The van der Waals surface area contributed by atoms with Crippen molar-refractivity contribution in [3.05, 3.63) is 71.8 Å². The highest BCUT2D eigenvalue weighted by molar-refractivity contribution is 5.66. The Hall–Kier alpha value is -2.09. The molecule has 0 heterocycles. The van der Waals surface area contributed by atoms with Gasteiger partial charge < -0.3 is 5.11 Å². The summed E-state index contributed by atoms with van der Waals surface area (Å²) in [7, 11) is 0. The van der Waals surface area contributed by atoms with Gasteiger partial charge in [-0.2, -0.15) is 0 Å². The van der Waals surface area contributed by atoms with Crippen LogP contribution in [0, 0.1) is 5.92 Å². The molecule has 1 unspecified atom stereocenters. The monoisotopic (exact) mass is 324 g/mol. The van der Waals surface area contributed by atoms with E-state index >= 15 is 0 Å².